The molecule has 168 valence electrons. The Morgan fingerprint density at radius 2 is 1.81 bits per heavy atom. The van der Waals surface area contributed by atoms with E-state index >= 15 is 0 Å². The Morgan fingerprint density at radius 3 is 2.62 bits per heavy atom. The van der Waals surface area contributed by atoms with Crippen LogP contribution in [0.15, 0.2) is 42.5 Å². The van der Waals surface area contributed by atoms with E-state index < -0.39 is 0 Å². The van der Waals surface area contributed by atoms with Crippen LogP contribution in [0.2, 0.25) is 0 Å². The van der Waals surface area contributed by atoms with Crippen LogP contribution in [0.5, 0.6) is 0 Å². The lowest BCUT2D eigenvalue weighted by molar-refractivity contribution is -0.122. The van der Waals surface area contributed by atoms with Gasteiger partial charge in [0.1, 0.15) is 0 Å². The Balaban J connectivity index is 1.15. The minimum Gasteiger partial charge on any atom is -0.379 e. The Kier molecular flexibility index (Phi) is 6.23. The second kappa shape index (κ2) is 9.43. The zero-order chi connectivity index (χ0) is 21.9. The number of fused-ring (bicyclic) bond motifs is 1. The predicted molar refractivity (Wildman–Crippen MR) is 125 cm³/mol. The number of morpholine rings is 1. The monoisotopic (exact) mass is 433 g/mol. The van der Waals surface area contributed by atoms with Crippen LogP contribution in [0.3, 0.4) is 0 Å². The number of carbonyl (C=O) groups is 2. The van der Waals surface area contributed by atoms with Crippen LogP contribution < -0.4 is 10.2 Å². The maximum atomic E-state index is 12.8. The summed E-state index contributed by atoms with van der Waals surface area (Å²) in [6.45, 7) is 5.10. The average molecular weight is 434 g/mol. The molecule has 6 nitrogen and oxygen atoms in total. The topological polar surface area (TPSA) is 61.9 Å². The minimum absolute atomic E-state index is 0.0292. The summed E-state index contributed by atoms with van der Waals surface area (Å²) in [5.74, 6) is -0.374. The second-order valence-electron chi connectivity index (χ2n) is 9.10. The molecular formula is C26H31N3O3. The van der Waals surface area contributed by atoms with Crippen molar-refractivity contribution in [2.45, 2.75) is 32.1 Å². The Labute approximate surface area is 189 Å². The third-order valence-electron chi connectivity index (χ3n) is 6.93. The van der Waals surface area contributed by atoms with Gasteiger partial charge in [0.25, 0.3) is 0 Å². The molecule has 2 aliphatic heterocycles. The molecule has 1 unspecified atom stereocenters. The van der Waals surface area contributed by atoms with E-state index in [0.29, 0.717) is 6.54 Å². The Hall–Kier alpha value is -2.70. The highest BCUT2D eigenvalue weighted by Crippen LogP contribution is 2.31. The van der Waals surface area contributed by atoms with Gasteiger partial charge in [0, 0.05) is 44.0 Å². The summed E-state index contributed by atoms with van der Waals surface area (Å²) in [7, 11) is 0. The maximum Gasteiger partial charge on any atom is 0.229 e. The minimum atomic E-state index is -0.322. The number of hydrogen-bond acceptors (Lipinski definition) is 4. The third kappa shape index (κ3) is 4.71. The molecule has 0 spiro atoms. The summed E-state index contributed by atoms with van der Waals surface area (Å²) >= 11 is 0. The van der Waals surface area contributed by atoms with E-state index in [1.54, 1.807) is 4.90 Å². The molecule has 2 amide bonds. The molecule has 0 bridgehead atoms. The molecule has 2 fully saturated rings. The number of aryl methyl sites for hydroxylation is 2. The number of amides is 2. The zero-order valence-electron chi connectivity index (χ0n) is 18.5. The molecule has 1 N–H and O–H groups in total. The molecule has 2 heterocycles. The standard InChI is InChI=1S/C26H31N3O3/c30-25-17-22(18-29(25)24-9-6-20-2-1-3-21(20)16-24)26(31)27-23-7-4-19(5-8-23)10-11-28-12-14-32-15-13-28/h4-9,16,22H,1-3,10-15,17-18H2,(H,27,31). The summed E-state index contributed by atoms with van der Waals surface area (Å²) in [4.78, 5) is 29.7. The van der Waals surface area contributed by atoms with E-state index in [2.05, 4.69) is 34.5 Å². The highest BCUT2D eigenvalue weighted by Gasteiger charge is 2.35. The van der Waals surface area contributed by atoms with Gasteiger partial charge in [-0.3, -0.25) is 14.5 Å². The lowest BCUT2D eigenvalue weighted by Crippen LogP contribution is -2.37. The van der Waals surface area contributed by atoms with Crippen LogP contribution in [-0.4, -0.2) is 56.1 Å². The number of rotatable bonds is 6. The molecule has 1 atom stereocenters. The SMILES string of the molecule is O=C(Nc1ccc(CCN2CCOCC2)cc1)C1CC(=O)N(c2ccc3c(c2)CCC3)C1. The van der Waals surface area contributed by atoms with Crippen LogP contribution in [0.4, 0.5) is 11.4 Å². The van der Waals surface area contributed by atoms with Crippen LogP contribution in [-0.2, 0) is 33.6 Å². The molecule has 5 rings (SSSR count). The van der Waals surface area contributed by atoms with Gasteiger partial charge in [0.05, 0.1) is 19.1 Å². The number of nitrogens with zero attached hydrogens (tertiary/aromatic N) is 2. The Morgan fingerprint density at radius 1 is 1.03 bits per heavy atom. The van der Waals surface area contributed by atoms with Gasteiger partial charge >= 0.3 is 0 Å². The fourth-order valence-electron chi connectivity index (χ4n) is 4.97. The predicted octanol–water partition coefficient (Wildman–Crippen LogP) is 3.04. The molecule has 0 aromatic heterocycles. The van der Waals surface area contributed by atoms with Crippen molar-refractivity contribution >= 4 is 23.2 Å². The summed E-state index contributed by atoms with van der Waals surface area (Å²) in [6, 6.07) is 14.4. The summed E-state index contributed by atoms with van der Waals surface area (Å²) in [6.07, 6.45) is 4.64. The smallest absolute Gasteiger partial charge is 0.229 e. The van der Waals surface area contributed by atoms with Gasteiger partial charge in [-0.25, -0.2) is 0 Å². The lowest BCUT2D eigenvalue weighted by Gasteiger charge is -2.26. The molecule has 2 aromatic carbocycles. The molecule has 0 radical (unpaired) electrons. The number of ether oxygens (including phenoxy) is 1. The Bertz CT molecular complexity index is 982. The van der Waals surface area contributed by atoms with Crippen molar-refractivity contribution in [2.24, 2.45) is 5.92 Å². The first-order valence-corrected chi connectivity index (χ1v) is 11.8. The second-order valence-corrected chi connectivity index (χ2v) is 9.10. The van der Waals surface area contributed by atoms with Gasteiger partial charge in [0.2, 0.25) is 11.8 Å². The number of benzene rings is 2. The molecule has 1 aliphatic carbocycles. The third-order valence-corrected chi connectivity index (χ3v) is 6.93. The maximum absolute atomic E-state index is 12.8. The fourth-order valence-corrected chi connectivity index (χ4v) is 4.97. The largest absolute Gasteiger partial charge is 0.379 e. The number of anilines is 2. The van der Waals surface area contributed by atoms with Crippen LogP contribution in [0, 0.1) is 5.92 Å². The molecular weight excluding hydrogens is 402 g/mol. The molecule has 2 aromatic rings. The van der Waals surface area contributed by atoms with Crippen molar-refractivity contribution in [3.8, 4) is 0 Å². The van der Waals surface area contributed by atoms with Crippen LogP contribution in [0.25, 0.3) is 0 Å². The van der Waals surface area contributed by atoms with Gasteiger partial charge in [-0.1, -0.05) is 18.2 Å². The lowest BCUT2D eigenvalue weighted by atomic mass is 10.1. The van der Waals surface area contributed by atoms with Crippen molar-refractivity contribution in [3.63, 3.8) is 0 Å². The van der Waals surface area contributed by atoms with Gasteiger partial charge in [0.15, 0.2) is 0 Å². The van der Waals surface area contributed by atoms with Gasteiger partial charge in [-0.15, -0.1) is 0 Å². The van der Waals surface area contributed by atoms with Gasteiger partial charge in [-0.2, -0.15) is 0 Å². The quantitative estimate of drug-likeness (QED) is 0.761. The molecule has 0 saturated carbocycles. The van der Waals surface area contributed by atoms with E-state index in [1.807, 2.05) is 18.2 Å². The highest BCUT2D eigenvalue weighted by atomic mass is 16.5. The number of nitrogens with one attached hydrogen (secondary N) is 1. The number of carbonyl (C=O) groups excluding carboxylic acids is 2. The normalized spacial score (nSPS) is 21.1. The molecule has 32 heavy (non-hydrogen) atoms. The van der Waals surface area contributed by atoms with E-state index in [9.17, 15) is 9.59 Å². The first-order valence-electron chi connectivity index (χ1n) is 11.8. The van der Waals surface area contributed by atoms with E-state index in [0.717, 1.165) is 63.5 Å². The highest BCUT2D eigenvalue weighted by molar-refractivity contribution is 6.03. The number of hydrogen-bond donors (Lipinski definition) is 1. The first-order chi connectivity index (χ1) is 15.7. The average Bonchev–Trinajstić information content (AvgIpc) is 3.45. The zero-order valence-corrected chi connectivity index (χ0v) is 18.5. The van der Waals surface area contributed by atoms with E-state index in [-0.39, 0.29) is 24.2 Å². The summed E-state index contributed by atoms with van der Waals surface area (Å²) in [5, 5.41) is 3.01. The van der Waals surface area contributed by atoms with Gasteiger partial charge in [-0.05, 0) is 66.6 Å². The van der Waals surface area contributed by atoms with Crippen molar-refractivity contribution in [3.05, 3.63) is 59.2 Å². The summed E-state index contributed by atoms with van der Waals surface area (Å²) < 4.78 is 5.40. The first kappa shape index (κ1) is 21.2. The summed E-state index contributed by atoms with van der Waals surface area (Å²) in [5.41, 5.74) is 5.71. The van der Waals surface area contributed by atoms with E-state index in [1.165, 1.54) is 23.1 Å². The van der Waals surface area contributed by atoms with Crippen LogP contribution in [0.1, 0.15) is 29.5 Å². The van der Waals surface area contributed by atoms with Crippen molar-refractivity contribution in [1.82, 2.24) is 4.90 Å². The van der Waals surface area contributed by atoms with Crippen LogP contribution >= 0.6 is 0 Å². The van der Waals surface area contributed by atoms with Crippen molar-refractivity contribution < 1.29 is 14.3 Å². The fraction of sp³-hybridized carbons (Fsp3) is 0.462. The molecule has 2 saturated heterocycles. The molecule has 6 heteroatoms. The van der Waals surface area contributed by atoms with Crippen molar-refractivity contribution in [2.75, 3.05) is 49.6 Å². The van der Waals surface area contributed by atoms with Crippen molar-refractivity contribution in [1.29, 1.82) is 0 Å². The molecule has 3 aliphatic rings. The van der Waals surface area contributed by atoms with Gasteiger partial charge < -0.3 is 15.0 Å². The van der Waals surface area contributed by atoms with E-state index in [4.69, 9.17) is 4.74 Å².